The van der Waals surface area contributed by atoms with E-state index in [0.717, 1.165) is 33.4 Å². The molecule has 1 aliphatic rings. The van der Waals surface area contributed by atoms with E-state index in [1.165, 1.54) is 40.9 Å². The molecule has 1 fully saturated rings. The van der Waals surface area contributed by atoms with Crippen LogP contribution in [0.1, 0.15) is 52.8 Å². The van der Waals surface area contributed by atoms with Crippen LogP contribution in [0.15, 0.2) is 91.0 Å². The molecule has 5 nitrogen and oxygen atoms in total. The number of carboxylic acid groups (broad SMARTS) is 1. The molecule has 0 spiro atoms. The Balaban J connectivity index is 0.000000472. The number of aromatic nitrogens is 2. The molecule has 1 aliphatic carbocycles. The molecule has 1 saturated carbocycles. The third-order valence-corrected chi connectivity index (χ3v) is 7.71. The van der Waals surface area contributed by atoms with Crippen molar-refractivity contribution < 1.29 is 27.8 Å². The molecule has 5 aromatic rings. The van der Waals surface area contributed by atoms with Crippen LogP contribution in [-0.2, 0) is 11.3 Å². The summed E-state index contributed by atoms with van der Waals surface area (Å²) in [5.41, 5.74) is 6.97. The van der Waals surface area contributed by atoms with Gasteiger partial charge in [0.1, 0.15) is 11.6 Å². The lowest BCUT2D eigenvalue weighted by molar-refractivity contribution is -0.192. The highest BCUT2D eigenvalue weighted by Gasteiger charge is 2.38. The van der Waals surface area contributed by atoms with Crippen molar-refractivity contribution in [2.75, 3.05) is 7.11 Å². The van der Waals surface area contributed by atoms with Crippen LogP contribution in [0.4, 0.5) is 13.2 Å². The SMILES string of the molecule is COc1cccc(Cn2c(C3CC3)nc3ccc(C(c4ccc(Cl)cc4)c4ccc(Cl)cc4)cc32)c1.O=C(O)C(F)(F)F. The summed E-state index contributed by atoms with van der Waals surface area (Å²) in [5, 5.41) is 8.59. The molecule has 1 heterocycles. The molecule has 0 bridgehead atoms. The minimum atomic E-state index is -5.08. The normalized spacial score (nSPS) is 13.1. The molecular formula is C33H27Cl2F3N2O3. The number of rotatable bonds is 7. The van der Waals surface area contributed by atoms with E-state index in [-0.39, 0.29) is 5.92 Å². The fourth-order valence-corrected chi connectivity index (χ4v) is 5.25. The number of carboxylic acids is 1. The van der Waals surface area contributed by atoms with Gasteiger partial charge >= 0.3 is 12.1 Å². The Labute approximate surface area is 256 Å². The van der Waals surface area contributed by atoms with Crippen molar-refractivity contribution in [3.8, 4) is 5.75 Å². The fourth-order valence-electron chi connectivity index (χ4n) is 5.00. The predicted octanol–water partition coefficient (Wildman–Crippen LogP) is 9.09. The second kappa shape index (κ2) is 12.7. The highest BCUT2D eigenvalue weighted by Crippen LogP contribution is 2.42. The first-order valence-electron chi connectivity index (χ1n) is 13.5. The second-order valence-corrected chi connectivity index (χ2v) is 11.1. The summed E-state index contributed by atoms with van der Waals surface area (Å²) < 4.78 is 39.6. The number of hydrogen-bond donors (Lipinski definition) is 1. The van der Waals surface area contributed by atoms with E-state index in [1.807, 2.05) is 36.4 Å². The van der Waals surface area contributed by atoms with E-state index >= 15 is 0 Å². The Hall–Kier alpha value is -4.01. The zero-order chi connectivity index (χ0) is 30.7. The largest absolute Gasteiger partial charge is 0.497 e. The average Bonchev–Trinajstić information content (AvgIpc) is 3.77. The maximum atomic E-state index is 10.6. The van der Waals surface area contributed by atoms with Crippen LogP contribution in [0.5, 0.6) is 5.75 Å². The molecule has 0 atom stereocenters. The number of aliphatic carboxylic acids is 1. The van der Waals surface area contributed by atoms with E-state index in [4.69, 9.17) is 42.8 Å². The van der Waals surface area contributed by atoms with Gasteiger partial charge in [0.25, 0.3) is 0 Å². The van der Waals surface area contributed by atoms with Crippen LogP contribution >= 0.6 is 23.2 Å². The molecule has 10 heteroatoms. The van der Waals surface area contributed by atoms with Gasteiger partial charge in [0.15, 0.2) is 0 Å². The first-order chi connectivity index (χ1) is 20.5. The molecule has 6 rings (SSSR count). The van der Waals surface area contributed by atoms with Crippen molar-refractivity contribution >= 4 is 40.2 Å². The highest BCUT2D eigenvalue weighted by molar-refractivity contribution is 6.30. The minimum Gasteiger partial charge on any atom is -0.497 e. The van der Waals surface area contributed by atoms with Crippen molar-refractivity contribution in [2.45, 2.75) is 37.4 Å². The van der Waals surface area contributed by atoms with Crippen molar-refractivity contribution in [3.63, 3.8) is 0 Å². The van der Waals surface area contributed by atoms with Gasteiger partial charge in [0, 0.05) is 28.4 Å². The van der Waals surface area contributed by atoms with Crippen LogP contribution < -0.4 is 4.74 Å². The minimum absolute atomic E-state index is 0.0495. The molecule has 0 amide bonds. The summed E-state index contributed by atoms with van der Waals surface area (Å²) >= 11 is 12.5. The topological polar surface area (TPSA) is 64.4 Å². The number of hydrogen-bond acceptors (Lipinski definition) is 3. The van der Waals surface area contributed by atoms with E-state index in [1.54, 1.807) is 7.11 Å². The smallest absolute Gasteiger partial charge is 0.490 e. The lowest BCUT2D eigenvalue weighted by Gasteiger charge is -2.20. The molecule has 43 heavy (non-hydrogen) atoms. The number of nitrogens with zero attached hydrogens (tertiary/aromatic N) is 2. The van der Waals surface area contributed by atoms with Gasteiger partial charge in [-0.25, -0.2) is 9.78 Å². The van der Waals surface area contributed by atoms with Gasteiger partial charge in [0.2, 0.25) is 0 Å². The Morgan fingerprint density at radius 2 is 1.49 bits per heavy atom. The number of methoxy groups -OCH3 is 1. The van der Waals surface area contributed by atoms with Gasteiger partial charge in [-0.3, -0.25) is 0 Å². The zero-order valence-corrected chi connectivity index (χ0v) is 24.5. The van der Waals surface area contributed by atoms with Crippen LogP contribution in [0.2, 0.25) is 10.0 Å². The predicted molar refractivity (Wildman–Crippen MR) is 161 cm³/mol. The average molecular weight is 627 g/mol. The number of halogens is 5. The highest BCUT2D eigenvalue weighted by atomic mass is 35.5. The maximum absolute atomic E-state index is 10.6. The Morgan fingerprint density at radius 1 is 0.930 bits per heavy atom. The maximum Gasteiger partial charge on any atom is 0.490 e. The molecule has 0 aliphatic heterocycles. The fraction of sp³-hybridized carbons (Fsp3) is 0.212. The van der Waals surface area contributed by atoms with Crippen LogP contribution in [0.25, 0.3) is 11.0 Å². The van der Waals surface area contributed by atoms with Crippen molar-refractivity contribution in [3.05, 3.63) is 129 Å². The Kier molecular flexibility index (Phi) is 8.99. The van der Waals surface area contributed by atoms with Crippen molar-refractivity contribution in [1.82, 2.24) is 9.55 Å². The van der Waals surface area contributed by atoms with Gasteiger partial charge in [-0.2, -0.15) is 13.2 Å². The van der Waals surface area contributed by atoms with Crippen LogP contribution in [0.3, 0.4) is 0 Å². The van der Waals surface area contributed by atoms with E-state index < -0.39 is 12.1 Å². The van der Waals surface area contributed by atoms with Crippen molar-refractivity contribution in [2.24, 2.45) is 0 Å². The molecule has 1 aromatic heterocycles. The molecule has 222 valence electrons. The second-order valence-electron chi connectivity index (χ2n) is 10.3. The number of alkyl halides is 3. The molecule has 1 N–H and O–H groups in total. The standard InChI is InChI=1S/C31H26Cl2N2O.C2HF3O2/c1-36-27-4-2-3-20(17-27)19-35-29-18-24(11-16-28(29)34-31(35)23-5-6-23)30(21-7-12-25(32)13-8-21)22-9-14-26(33)15-10-22;3-2(4,5)1(6)7/h2-4,7-18,23,30H,5-6,19H2,1H3;(H,6,7). The van der Waals surface area contributed by atoms with Gasteiger partial charge < -0.3 is 14.4 Å². The summed E-state index contributed by atoms with van der Waals surface area (Å²) in [6.07, 6.45) is -2.68. The summed E-state index contributed by atoms with van der Waals surface area (Å²) in [6.45, 7) is 0.759. The lowest BCUT2D eigenvalue weighted by Crippen LogP contribution is -2.21. The van der Waals surface area contributed by atoms with E-state index in [9.17, 15) is 13.2 Å². The number of carbonyl (C=O) groups is 1. The van der Waals surface area contributed by atoms with E-state index in [0.29, 0.717) is 5.92 Å². The van der Waals surface area contributed by atoms with Gasteiger partial charge in [0.05, 0.1) is 18.1 Å². The zero-order valence-electron chi connectivity index (χ0n) is 23.0. The summed E-state index contributed by atoms with van der Waals surface area (Å²) in [6, 6.07) is 31.2. The number of imidazole rings is 1. The monoisotopic (exact) mass is 626 g/mol. The van der Waals surface area contributed by atoms with Crippen LogP contribution in [0, 0.1) is 0 Å². The first kappa shape index (κ1) is 30.4. The molecular weight excluding hydrogens is 600 g/mol. The van der Waals surface area contributed by atoms with Crippen molar-refractivity contribution in [1.29, 1.82) is 0 Å². The van der Waals surface area contributed by atoms with Crippen LogP contribution in [-0.4, -0.2) is 33.9 Å². The number of benzene rings is 4. The first-order valence-corrected chi connectivity index (χ1v) is 14.2. The lowest BCUT2D eigenvalue weighted by atomic mass is 9.85. The number of ether oxygens (including phenoxy) is 1. The quantitative estimate of drug-likeness (QED) is 0.183. The molecule has 0 unspecified atom stereocenters. The summed E-state index contributed by atoms with van der Waals surface area (Å²) in [5.74, 6) is -0.119. The van der Waals surface area contributed by atoms with E-state index in [2.05, 4.69) is 59.2 Å². The Bertz CT molecular complexity index is 1690. The van der Waals surface area contributed by atoms with Gasteiger partial charge in [-0.1, -0.05) is 65.7 Å². The molecule has 0 saturated heterocycles. The third-order valence-electron chi connectivity index (χ3n) is 7.20. The summed E-state index contributed by atoms with van der Waals surface area (Å²) in [4.78, 5) is 14.0. The Morgan fingerprint density at radius 3 is 2.00 bits per heavy atom. The molecule has 4 aromatic carbocycles. The van der Waals surface area contributed by atoms with Gasteiger partial charge in [-0.15, -0.1) is 0 Å². The summed E-state index contributed by atoms with van der Waals surface area (Å²) in [7, 11) is 1.71. The third kappa shape index (κ3) is 7.32. The number of fused-ring (bicyclic) bond motifs is 1. The van der Waals surface area contributed by atoms with Gasteiger partial charge in [-0.05, 0) is 83.6 Å². The molecule has 0 radical (unpaired) electrons.